The number of anilines is 2. The first-order valence-corrected chi connectivity index (χ1v) is 10.1. The number of hydrazine groups is 2. The van der Waals surface area contributed by atoms with Crippen LogP contribution in [0.3, 0.4) is 0 Å². The van der Waals surface area contributed by atoms with Gasteiger partial charge < -0.3 is 10.1 Å². The minimum absolute atomic E-state index is 0.298. The minimum atomic E-state index is -0.500. The molecule has 0 fully saturated rings. The van der Waals surface area contributed by atoms with Crippen molar-refractivity contribution in [1.82, 2.24) is 26.0 Å². The number of amidine groups is 1. The van der Waals surface area contributed by atoms with Crippen molar-refractivity contribution in [1.29, 1.82) is 0 Å². The number of benzene rings is 1. The summed E-state index contributed by atoms with van der Waals surface area (Å²) in [6.45, 7) is 0. The quantitative estimate of drug-likeness (QED) is 0.492. The predicted molar refractivity (Wildman–Crippen MR) is 117 cm³/mol. The van der Waals surface area contributed by atoms with E-state index in [0.717, 1.165) is 10.4 Å². The Morgan fingerprint density at radius 1 is 1.27 bits per heavy atom. The number of nitrogens with zero attached hydrogens (tertiary/aromatic N) is 4. The first kappa shape index (κ1) is 20.4. The van der Waals surface area contributed by atoms with Crippen LogP contribution < -0.4 is 16.4 Å². The Labute approximate surface area is 185 Å². The number of hydrogen-bond donors (Lipinski definition) is 3. The van der Waals surface area contributed by atoms with E-state index in [2.05, 4.69) is 26.5 Å². The molecule has 0 aliphatic carbocycles. The largest absolute Gasteiger partial charge is 0.465 e. The lowest BCUT2D eigenvalue weighted by Gasteiger charge is -2.11. The van der Waals surface area contributed by atoms with E-state index in [-0.39, 0.29) is 0 Å². The third-order valence-corrected chi connectivity index (χ3v) is 5.86. The minimum Gasteiger partial charge on any atom is -0.465 e. The number of nitrogens with one attached hydrogen (secondary N) is 3. The fourth-order valence-electron chi connectivity index (χ4n) is 2.73. The van der Waals surface area contributed by atoms with Gasteiger partial charge in [-0.2, -0.15) is 0 Å². The molecule has 30 heavy (non-hydrogen) atoms. The highest BCUT2D eigenvalue weighted by atomic mass is 35.5. The Kier molecular flexibility index (Phi) is 5.73. The van der Waals surface area contributed by atoms with Crippen LogP contribution in [0.15, 0.2) is 41.6 Å². The van der Waals surface area contributed by atoms with Crippen LogP contribution in [-0.4, -0.2) is 40.9 Å². The number of hydrogen-bond acceptors (Lipinski definition) is 10. The van der Waals surface area contributed by atoms with Crippen molar-refractivity contribution in [3.63, 3.8) is 0 Å². The molecule has 0 unspecified atom stereocenters. The van der Waals surface area contributed by atoms with Crippen molar-refractivity contribution >= 4 is 57.3 Å². The fourth-order valence-corrected chi connectivity index (χ4v) is 4.04. The molecule has 0 atom stereocenters. The molecule has 3 N–H and O–H groups in total. The maximum atomic E-state index is 12.1. The van der Waals surface area contributed by atoms with Crippen LogP contribution in [0.25, 0.3) is 11.3 Å². The molecule has 0 amide bonds. The van der Waals surface area contributed by atoms with E-state index in [9.17, 15) is 4.79 Å². The molecule has 2 aromatic heterocycles. The number of ether oxygens (including phenoxy) is 1. The number of carbonyl (C=O) groups excluding carboxylic acids is 1. The van der Waals surface area contributed by atoms with Crippen molar-refractivity contribution in [2.24, 2.45) is 5.10 Å². The monoisotopic (exact) mass is 463 g/mol. The van der Waals surface area contributed by atoms with Crippen LogP contribution in [0.1, 0.15) is 15.2 Å². The smallest absolute Gasteiger partial charge is 0.341 e. The van der Waals surface area contributed by atoms with Gasteiger partial charge in [0, 0.05) is 18.8 Å². The second kappa shape index (κ2) is 8.44. The van der Waals surface area contributed by atoms with Gasteiger partial charge >= 0.3 is 5.97 Å². The lowest BCUT2D eigenvalue weighted by atomic mass is 10.1. The van der Waals surface area contributed by atoms with Crippen LogP contribution in [0, 0.1) is 0 Å². The number of aromatic nitrogens is 2. The molecule has 9 nitrogen and oxygen atoms in total. The lowest BCUT2D eigenvalue weighted by molar-refractivity contribution is 0.0601. The summed E-state index contributed by atoms with van der Waals surface area (Å²) in [7, 11) is 3.13. The SMILES string of the molecule is COC(=O)c1cccnc1Nc1nc(-c2ccc(Cl)c(Cl)c2)c(C2=NNNN2C)s1. The zero-order chi connectivity index (χ0) is 21.3. The molecular formula is C18H15Cl2N7O2S. The summed E-state index contributed by atoms with van der Waals surface area (Å²) in [5.74, 6) is 0.472. The van der Waals surface area contributed by atoms with Gasteiger partial charge in [0.25, 0.3) is 0 Å². The number of pyridine rings is 1. The average Bonchev–Trinajstić information content (AvgIpc) is 3.35. The molecule has 0 spiro atoms. The van der Waals surface area contributed by atoms with Crippen molar-refractivity contribution in [2.75, 3.05) is 19.5 Å². The highest BCUT2D eigenvalue weighted by Gasteiger charge is 2.25. The number of esters is 1. The fraction of sp³-hybridized carbons (Fsp3) is 0.111. The molecule has 154 valence electrons. The predicted octanol–water partition coefficient (Wildman–Crippen LogP) is 3.66. The van der Waals surface area contributed by atoms with Gasteiger partial charge in [-0.25, -0.2) is 20.3 Å². The zero-order valence-electron chi connectivity index (χ0n) is 15.7. The number of hydrazone groups is 1. The first-order valence-electron chi connectivity index (χ1n) is 8.57. The van der Waals surface area contributed by atoms with Crippen molar-refractivity contribution in [3.8, 4) is 11.3 Å². The lowest BCUT2D eigenvalue weighted by Crippen LogP contribution is -2.37. The Bertz CT molecular complexity index is 1150. The third-order valence-electron chi connectivity index (χ3n) is 4.16. The number of carbonyl (C=O) groups is 1. The van der Waals surface area contributed by atoms with E-state index in [4.69, 9.17) is 32.9 Å². The maximum absolute atomic E-state index is 12.1. The maximum Gasteiger partial charge on any atom is 0.341 e. The van der Waals surface area contributed by atoms with E-state index < -0.39 is 5.97 Å². The van der Waals surface area contributed by atoms with E-state index in [1.54, 1.807) is 35.5 Å². The van der Waals surface area contributed by atoms with E-state index in [0.29, 0.717) is 38.1 Å². The second-order valence-corrected chi connectivity index (χ2v) is 7.87. The highest BCUT2D eigenvalue weighted by Crippen LogP contribution is 2.36. The van der Waals surface area contributed by atoms with Crippen molar-refractivity contribution < 1.29 is 9.53 Å². The molecule has 0 saturated carbocycles. The van der Waals surface area contributed by atoms with Crippen molar-refractivity contribution in [2.45, 2.75) is 0 Å². The molecule has 0 saturated heterocycles. The summed E-state index contributed by atoms with van der Waals surface area (Å²) in [6, 6.07) is 8.56. The topological polar surface area (TPSA) is 104 Å². The number of halogens is 2. The van der Waals surface area contributed by atoms with Crippen LogP contribution in [-0.2, 0) is 4.74 Å². The molecule has 0 radical (unpaired) electrons. The standard InChI is InChI=1S/C18H15Cl2N7O2S/c1-27-16(24-25-26-27)14-13(9-5-6-11(19)12(20)8-9)22-18(30-14)23-15-10(17(28)29-2)4-3-7-21-15/h3-8,25-26H,1-2H3,(H,21,22,23). The Balaban J connectivity index is 1.78. The van der Waals surface area contributed by atoms with Crippen LogP contribution >= 0.6 is 34.5 Å². The molecule has 3 heterocycles. The van der Waals surface area contributed by atoms with Gasteiger partial charge in [-0.3, -0.25) is 5.01 Å². The van der Waals surface area contributed by atoms with Gasteiger partial charge in [0.05, 0.1) is 22.8 Å². The van der Waals surface area contributed by atoms with Gasteiger partial charge in [0.15, 0.2) is 11.0 Å². The molecule has 1 aromatic carbocycles. The molecule has 12 heteroatoms. The normalized spacial score (nSPS) is 13.1. The molecule has 3 aromatic rings. The van der Waals surface area contributed by atoms with Gasteiger partial charge in [-0.15, -0.1) is 10.6 Å². The Hall–Kier alpha value is -2.92. The van der Waals surface area contributed by atoms with E-state index >= 15 is 0 Å². The van der Waals surface area contributed by atoms with Crippen LogP contribution in [0.5, 0.6) is 0 Å². The number of thiazole rings is 1. The van der Waals surface area contributed by atoms with Gasteiger partial charge in [-0.1, -0.05) is 40.6 Å². The summed E-state index contributed by atoms with van der Waals surface area (Å²) >= 11 is 13.6. The number of methoxy groups -OCH3 is 1. The van der Waals surface area contributed by atoms with E-state index in [1.807, 2.05) is 13.1 Å². The van der Waals surface area contributed by atoms with Gasteiger partial charge in [0.1, 0.15) is 16.3 Å². The van der Waals surface area contributed by atoms with Crippen LogP contribution in [0.2, 0.25) is 10.0 Å². The number of rotatable bonds is 5. The molecule has 0 bridgehead atoms. The highest BCUT2D eigenvalue weighted by molar-refractivity contribution is 7.18. The second-order valence-electron chi connectivity index (χ2n) is 6.06. The third kappa shape index (κ3) is 3.90. The van der Waals surface area contributed by atoms with Gasteiger partial charge in [-0.05, 0) is 24.3 Å². The summed E-state index contributed by atoms with van der Waals surface area (Å²) < 4.78 is 4.83. The van der Waals surface area contributed by atoms with Crippen LogP contribution in [0.4, 0.5) is 10.9 Å². The summed E-state index contributed by atoms with van der Waals surface area (Å²) in [5, 5.41) is 10.5. The molecule has 1 aliphatic heterocycles. The molecule has 1 aliphatic rings. The van der Waals surface area contributed by atoms with Gasteiger partial charge in [0.2, 0.25) is 0 Å². The first-order chi connectivity index (χ1) is 14.5. The summed E-state index contributed by atoms with van der Waals surface area (Å²) in [5.41, 5.74) is 7.30. The summed E-state index contributed by atoms with van der Waals surface area (Å²) in [6.07, 6.45) is 1.58. The zero-order valence-corrected chi connectivity index (χ0v) is 18.1. The van der Waals surface area contributed by atoms with E-state index in [1.165, 1.54) is 18.4 Å². The molecule has 4 rings (SSSR count). The Morgan fingerprint density at radius 3 is 2.80 bits per heavy atom. The van der Waals surface area contributed by atoms with Crippen molar-refractivity contribution in [3.05, 3.63) is 57.0 Å². The average molecular weight is 464 g/mol. The molecular weight excluding hydrogens is 449 g/mol. The summed E-state index contributed by atoms with van der Waals surface area (Å²) in [4.78, 5) is 21.8. The Morgan fingerprint density at radius 2 is 2.10 bits per heavy atom.